The van der Waals surface area contributed by atoms with Gasteiger partial charge in [-0.1, -0.05) is 18.2 Å². The van der Waals surface area contributed by atoms with Crippen LogP contribution in [0.25, 0.3) is 0 Å². The minimum atomic E-state index is -3.24. The van der Waals surface area contributed by atoms with Crippen LogP contribution in [0.15, 0.2) is 48.5 Å². The van der Waals surface area contributed by atoms with Gasteiger partial charge in [0.05, 0.1) is 38.3 Å². The second-order valence-electron chi connectivity index (χ2n) is 7.39. The Morgan fingerprint density at radius 2 is 1.66 bits per heavy atom. The average Bonchev–Trinajstić information content (AvgIpc) is 3.04. The summed E-state index contributed by atoms with van der Waals surface area (Å²) in [6.45, 7) is 0.615. The van der Waals surface area contributed by atoms with Crippen LogP contribution < -0.4 is 14.4 Å². The smallest absolute Gasteiger partial charge is 0.241 e. The first kappa shape index (κ1) is 19.7. The van der Waals surface area contributed by atoms with Crippen molar-refractivity contribution in [1.29, 1.82) is 0 Å². The molecule has 2 aliphatic rings. The molecule has 8 heteroatoms. The Morgan fingerprint density at radius 1 is 0.966 bits per heavy atom. The molecule has 29 heavy (non-hydrogen) atoms. The second-order valence-corrected chi connectivity index (χ2v) is 9.54. The molecule has 7 nitrogen and oxygen atoms in total. The van der Waals surface area contributed by atoms with Crippen molar-refractivity contribution in [3.8, 4) is 11.5 Å². The molecule has 2 heterocycles. The molecule has 0 aliphatic carbocycles. The van der Waals surface area contributed by atoms with Crippen molar-refractivity contribution in [2.75, 3.05) is 37.2 Å². The molecule has 2 aromatic carbocycles. The predicted molar refractivity (Wildman–Crippen MR) is 110 cm³/mol. The normalized spacial score (nSPS) is 23.7. The quantitative estimate of drug-likeness (QED) is 0.739. The lowest BCUT2D eigenvalue weighted by Crippen LogP contribution is -2.61. The fourth-order valence-electron chi connectivity index (χ4n) is 4.26. The van der Waals surface area contributed by atoms with Gasteiger partial charge in [0.2, 0.25) is 5.91 Å². The Hall–Kier alpha value is -2.58. The van der Waals surface area contributed by atoms with E-state index in [0.29, 0.717) is 18.0 Å². The molecule has 2 fully saturated rings. The van der Waals surface area contributed by atoms with Gasteiger partial charge in [-0.15, -0.1) is 0 Å². The van der Waals surface area contributed by atoms with Gasteiger partial charge in [-0.25, -0.2) is 8.42 Å². The minimum Gasteiger partial charge on any atom is -0.497 e. The van der Waals surface area contributed by atoms with Crippen molar-refractivity contribution in [2.45, 2.75) is 18.6 Å². The van der Waals surface area contributed by atoms with Gasteiger partial charge in [-0.05, 0) is 30.3 Å². The summed E-state index contributed by atoms with van der Waals surface area (Å²) in [6, 6.07) is 14.1. The lowest BCUT2D eigenvalue weighted by molar-refractivity contribution is -0.123. The number of piperazine rings is 1. The number of methoxy groups -OCH3 is 2. The lowest BCUT2D eigenvalue weighted by atomic mass is 10.0. The van der Waals surface area contributed by atoms with Crippen molar-refractivity contribution in [3.63, 3.8) is 0 Å². The monoisotopic (exact) mass is 416 g/mol. The molecule has 2 aliphatic heterocycles. The number of nitrogens with zero attached hydrogens (tertiary/aromatic N) is 2. The van der Waals surface area contributed by atoms with Gasteiger partial charge in [0.25, 0.3) is 0 Å². The Kier molecular flexibility index (Phi) is 5.23. The highest BCUT2D eigenvalue weighted by Crippen LogP contribution is 2.34. The zero-order valence-corrected chi connectivity index (χ0v) is 17.3. The highest BCUT2D eigenvalue weighted by molar-refractivity contribution is 7.91. The van der Waals surface area contributed by atoms with Gasteiger partial charge in [0.15, 0.2) is 9.84 Å². The van der Waals surface area contributed by atoms with Crippen molar-refractivity contribution in [2.24, 2.45) is 0 Å². The molecular formula is C21H24N2O5S. The summed E-state index contributed by atoms with van der Waals surface area (Å²) in [6.07, 6.45) is 0. The molecule has 154 valence electrons. The van der Waals surface area contributed by atoms with E-state index in [2.05, 4.69) is 0 Å². The number of anilines is 1. The third-order valence-corrected chi connectivity index (χ3v) is 7.32. The highest BCUT2D eigenvalue weighted by atomic mass is 32.2. The molecule has 2 atom stereocenters. The summed E-state index contributed by atoms with van der Waals surface area (Å²) >= 11 is 0. The fourth-order valence-corrected chi connectivity index (χ4v) is 6.24. The van der Waals surface area contributed by atoms with Crippen LogP contribution in [-0.2, 0) is 21.2 Å². The van der Waals surface area contributed by atoms with Crippen LogP contribution in [0.5, 0.6) is 11.5 Å². The van der Waals surface area contributed by atoms with E-state index in [1.54, 1.807) is 43.4 Å². The Bertz CT molecular complexity index is 1010. The number of hydrogen-bond acceptors (Lipinski definition) is 6. The number of benzene rings is 2. The zero-order chi connectivity index (χ0) is 20.6. The zero-order valence-electron chi connectivity index (χ0n) is 16.4. The van der Waals surface area contributed by atoms with E-state index < -0.39 is 15.9 Å². The minimum absolute atomic E-state index is 0.0299. The number of fused-ring (bicyclic) bond motifs is 1. The van der Waals surface area contributed by atoms with E-state index in [4.69, 9.17) is 9.47 Å². The van der Waals surface area contributed by atoms with Crippen molar-refractivity contribution in [1.82, 2.24) is 4.90 Å². The van der Waals surface area contributed by atoms with E-state index in [9.17, 15) is 13.2 Å². The summed E-state index contributed by atoms with van der Waals surface area (Å²) in [5.74, 6) is 1.33. The van der Waals surface area contributed by atoms with E-state index >= 15 is 0 Å². The maximum absolute atomic E-state index is 13.1. The number of sulfone groups is 1. The van der Waals surface area contributed by atoms with Gasteiger partial charge >= 0.3 is 0 Å². The largest absolute Gasteiger partial charge is 0.497 e. The van der Waals surface area contributed by atoms with E-state index in [0.717, 1.165) is 11.3 Å². The number of carbonyl (C=O) groups excluding carboxylic acids is 1. The molecular weight excluding hydrogens is 392 g/mol. The molecule has 0 bridgehead atoms. The molecule has 0 N–H and O–H groups in total. The molecule has 0 spiro atoms. The molecule has 0 saturated carbocycles. The van der Waals surface area contributed by atoms with Crippen LogP contribution in [0.3, 0.4) is 0 Å². The summed E-state index contributed by atoms with van der Waals surface area (Å²) in [4.78, 5) is 16.7. The van der Waals surface area contributed by atoms with Gasteiger partial charge in [-0.3, -0.25) is 9.69 Å². The molecule has 2 saturated heterocycles. The number of amides is 1. The second kappa shape index (κ2) is 7.68. The van der Waals surface area contributed by atoms with Crippen LogP contribution in [0.4, 0.5) is 5.69 Å². The van der Waals surface area contributed by atoms with Gasteiger partial charge < -0.3 is 14.4 Å². The molecule has 2 aromatic rings. The van der Waals surface area contributed by atoms with Crippen LogP contribution in [0.1, 0.15) is 5.56 Å². The number of ether oxygens (including phenoxy) is 2. The maximum atomic E-state index is 13.1. The highest BCUT2D eigenvalue weighted by Gasteiger charge is 2.49. The molecule has 0 aromatic heterocycles. The summed E-state index contributed by atoms with van der Waals surface area (Å²) < 4.78 is 35.6. The fraction of sp³-hybridized carbons (Fsp3) is 0.381. The Balaban J connectivity index is 1.66. The standard InChI is InChI=1S/C21H24N2O5S/c1-27-17-9-7-16(8-10-17)23-19-14-29(25,26)13-18(19)22(12-21(23)24)11-15-5-3-4-6-20(15)28-2/h3-10,18-19H,11-14H2,1-2H3/t18-,19+/m0/s1. The van der Waals surface area contributed by atoms with Gasteiger partial charge in [0.1, 0.15) is 11.5 Å². The number of para-hydroxylation sites is 1. The molecule has 1 amide bonds. The van der Waals surface area contributed by atoms with Crippen LogP contribution >= 0.6 is 0 Å². The number of rotatable bonds is 5. The molecule has 0 radical (unpaired) electrons. The topological polar surface area (TPSA) is 76.2 Å². The van der Waals surface area contributed by atoms with Crippen LogP contribution in [-0.4, -0.2) is 63.6 Å². The van der Waals surface area contributed by atoms with E-state index in [1.165, 1.54) is 0 Å². The lowest BCUT2D eigenvalue weighted by Gasteiger charge is -2.43. The third-order valence-electron chi connectivity index (χ3n) is 5.62. The third kappa shape index (κ3) is 3.82. The number of carbonyl (C=O) groups is 1. The van der Waals surface area contributed by atoms with E-state index in [-0.39, 0.29) is 30.0 Å². The summed E-state index contributed by atoms with van der Waals surface area (Å²) in [7, 11) is -0.0531. The first-order chi connectivity index (χ1) is 13.9. The first-order valence-corrected chi connectivity index (χ1v) is 11.3. The van der Waals surface area contributed by atoms with Gasteiger partial charge in [-0.2, -0.15) is 0 Å². The molecule has 4 rings (SSSR count). The Morgan fingerprint density at radius 3 is 2.34 bits per heavy atom. The van der Waals surface area contributed by atoms with Crippen LogP contribution in [0.2, 0.25) is 0 Å². The van der Waals surface area contributed by atoms with Crippen molar-refractivity contribution < 1.29 is 22.7 Å². The summed E-state index contributed by atoms with van der Waals surface area (Å²) in [5.41, 5.74) is 1.63. The molecule has 0 unspecified atom stereocenters. The SMILES string of the molecule is COc1ccc(N2C(=O)CN(Cc3ccccc3OC)[C@H]3CS(=O)(=O)C[C@H]32)cc1. The summed E-state index contributed by atoms with van der Waals surface area (Å²) in [5, 5.41) is 0. The number of hydrogen-bond donors (Lipinski definition) is 0. The maximum Gasteiger partial charge on any atom is 0.241 e. The Labute approximate surface area is 170 Å². The van der Waals surface area contributed by atoms with E-state index in [1.807, 2.05) is 29.2 Å². The van der Waals surface area contributed by atoms with Crippen molar-refractivity contribution >= 4 is 21.4 Å². The van der Waals surface area contributed by atoms with Gasteiger partial charge in [0, 0.05) is 23.8 Å². The van der Waals surface area contributed by atoms with Crippen LogP contribution in [0, 0.1) is 0 Å². The van der Waals surface area contributed by atoms with Crippen molar-refractivity contribution in [3.05, 3.63) is 54.1 Å². The predicted octanol–water partition coefficient (Wildman–Crippen LogP) is 1.72. The average molecular weight is 416 g/mol. The first-order valence-electron chi connectivity index (χ1n) is 9.44.